The van der Waals surface area contributed by atoms with Gasteiger partial charge in [0, 0.05) is 11.0 Å². The van der Waals surface area contributed by atoms with Crippen molar-refractivity contribution in [1.82, 2.24) is 0 Å². The molecule has 2 N–H and O–H groups in total. The molecule has 0 amide bonds. The Balaban J connectivity index is 1.92. The molecule has 252 valence electrons. The summed E-state index contributed by atoms with van der Waals surface area (Å²) in [5.74, 6) is -0.212. The highest BCUT2D eigenvalue weighted by molar-refractivity contribution is 6.74. The average molecular weight is 647 g/mol. The second-order valence-electron chi connectivity index (χ2n) is 15.6. The van der Waals surface area contributed by atoms with Crippen LogP contribution in [0.3, 0.4) is 0 Å². The zero-order valence-corrected chi connectivity index (χ0v) is 31.4. The first kappa shape index (κ1) is 37.4. The van der Waals surface area contributed by atoms with Crippen molar-refractivity contribution in [3.05, 3.63) is 82.4 Å². The van der Waals surface area contributed by atoms with E-state index in [0.29, 0.717) is 16.7 Å². The van der Waals surface area contributed by atoms with Crippen LogP contribution >= 0.6 is 0 Å². The third-order valence-electron chi connectivity index (χ3n) is 10.4. The van der Waals surface area contributed by atoms with Gasteiger partial charge in [0.1, 0.15) is 11.5 Å². The lowest BCUT2D eigenvalue weighted by Crippen LogP contribution is -2.47. The van der Waals surface area contributed by atoms with Crippen LogP contribution in [-0.4, -0.2) is 37.7 Å². The van der Waals surface area contributed by atoms with Gasteiger partial charge in [-0.2, -0.15) is 0 Å². The molecule has 0 aliphatic heterocycles. The van der Waals surface area contributed by atoms with Crippen LogP contribution in [0.4, 0.5) is 0 Å². The topological polar surface area (TPSA) is 76.0 Å². The van der Waals surface area contributed by atoms with Crippen molar-refractivity contribution in [3.8, 4) is 22.6 Å². The van der Waals surface area contributed by atoms with E-state index in [-0.39, 0.29) is 45.9 Å². The van der Waals surface area contributed by atoms with Crippen molar-refractivity contribution in [2.24, 2.45) is 5.41 Å². The highest BCUT2D eigenvalue weighted by atomic mass is 28.4. The first-order chi connectivity index (χ1) is 21.3. The average Bonchev–Trinajstić information content (AvgIpc) is 2.95. The Morgan fingerprint density at radius 2 is 1.48 bits per heavy atom. The van der Waals surface area contributed by atoms with Crippen molar-refractivity contribution in [2.75, 3.05) is 7.11 Å². The van der Waals surface area contributed by atoms with Crippen LogP contribution in [0.5, 0.6) is 11.5 Å². The Hall–Kier alpha value is -3.09. The number of carbonyl (C=O) groups is 1. The Bertz CT molecular complexity index is 1500. The minimum absolute atomic E-state index is 0.0345. The SMILES string of the molecule is CCC(CC)(c1ccc(CCC(O[Si](C)(C)C(C)(C)C)C(C)(C)C)c(C)c1)c1ccc(-c2cc(O)cc(CC(=O)OC)c2)c(O)c1. The zero-order chi connectivity index (χ0) is 34.7. The fourth-order valence-electron chi connectivity index (χ4n) is 6.24. The van der Waals surface area contributed by atoms with Crippen LogP contribution in [0.25, 0.3) is 11.1 Å². The number of aryl methyl sites for hydroxylation is 2. The minimum atomic E-state index is -1.91. The van der Waals surface area contributed by atoms with Gasteiger partial charge in [-0.3, -0.25) is 4.79 Å². The predicted molar refractivity (Wildman–Crippen MR) is 193 cm³/mol. The molecular formula is C40H58O5Si. The molecule has 0 saturated heterocycles. The van der Waals surface area contributed by atoms with Crippen molar-refractivity contribution in [1.29, 1.82) is 0 Å². The molecule has 0 saturated carbocycles. The van der Waals surface area contributed by atoms with Gasteiger partial charge in [-0.1, -0.05) is 91.8 Å². The molecule has 0 radical (unpaired) electrons. The van der Waals surface area contributed by atoms with E-state index in [1.165, 1.54) is 23.8 Å². The lowest BCUT2D eigenvalue weighted by molar-refractivity contribution is -0.139. The van der Waals surface area contributed by atoms with E-state index < -0.39 is 8.32 Å². The van der Waals surface area contributed by atoms with E-state index in [9.17, 15) is 15.0 Å². The van der Waals surface area contributed by atoms with Gasteiger partial charge in [0.05, 0.1) is 19.6 Å². The molecular weight excluding hydrogens is 589 g/mol. The molecule has 0 aliphatic carbocycles. The zero-order valence-electron chi connectivity index (χ0n) is 30.4. The molecule has 0 spiro atoms. The standard InChI is InChI=1S/C40H58O5Si/c1-13-40(14-2,32-18-19-34(35(42)26-32)30-22-28(23-33(41)25-30)24-37(43)44-10)31-17-15-29(27(3)21-31)16-20-36(38(4,5)6)45-46(11,12)39(7,8)9/h15,17-19,21-23,25-26,36,41-42H,13-14,16,20,24H2,1-12H3. The Morgan fingerprint density at radius 1 is 0.870 bits per heavy atom. The van der Waals surface area contributed by atoms with Crippen LogP contribution in [0.1, 0.15) is 102 Å². The molecule has 0 aliphatic rings. The number of methoxy groups -OCH3 is 1. The summed E-state index contributed by atoms with van der Waals surface area (Å²) in [5.41, 5.74) is 6.58. The van der Waals surface area contributed by atoms with Gasteiger partial charge in [0.15, 0.2) is 8.32 Å². The van der Waals surface area contributed by atoms with Gasteiger partial charge >= 0.3 is 5.97 Å². The largest absolute Gasteiger partial charge is 0.508 e. The van der Waals surface area contributed by atoms with E-state index >= 15 is 0 Å². The monoisotopic (exact) mass is 646 g/mol. The molecule has 0 fully saturated rings. The second kappa shape index (κ2) is 14.3. The third kappa shape index (κ3) is 8.43. The number of phenolic OH excluding ortho intramolecular Hbond substituents is 2. The minimum Gasteiger partial charge on any atom is -0.508 e. The van der Waals surface area contributed by atoms with Crippen molar-refractivity contribution in [3.63, 3.8) is 0 Å². The summed E-state index contributed by atoms with van der Waals surface area (Å²) in [6, 6.07) is 17.7. The summed E-state index contributed by atoms with van der Waals surface area (Å²) in [4.78, 5) is 11.8. The quantitative estimate of drug-likeness (QED) is 0.151. The van der Waals surface area contributed by atoms with Crippen molar-refractivity contribution in [2.45, 2.75) is 124 Å². The van der Waals surface area contributed by atoms with E-state index in [1.54, 1.807) is 12.1 Å². The number of ether oxygens (including phenoxy) is 1. The van der Waals surface area contributed by atoms with E-state index in [1.807, 2.05) is 18.2 Å². The molecule has 3 rings (SSSR count). The summed E-state index contributed by atoms with van der Waals surface area (Å²) >= 11 is 0. The smallest absolute Gasteiger partial charge is 0.309 e. The number of benzene rings is 3. The maximum Gasteiger partial charge on any atom is 0.309 e. The summed E-state index contributed by atoms with van der Waals surface area (Å²) in [6.07, 6.45) is 3.93. The van der Waals surface area contributed by atoms with Gasteiger partial charge in [0.2, 0.25) is 0 Å². The summed E-state index contributed by atoms with van der Waals surface area (Å²) in [5, 5.41) is 21.8. The number of hydrogen-bond donors (Lipinski definition) is 2. The number of phenols is 2. The first-order valence-electron chi connectivity index (χ1n) is 16.8. The molecule has 0 bridgehead atoms. The van der Waals surface area contributed by atoms with Gasteiger partial charge in [0.25, 0.3) is 0 Å². The molecule has 1 atom stereocenters. The molecule has 46 heavy (non-hydrogen) atoms. The fraction of sp³-hybridized carbons (Fsp3) is 0.525. The van der Waals surface area contributed by atoms with E-state index in [0.717, 1.165) is 31.2 Å². The highest BCUT2D eigenvalue weighted by Crippen LogP contribution is 2.44. The van der Waals surface area contributed by atoms with Gasteiger partial charge in [-0.05, 0) is 108 Å². The van der Waals surface area contributed by atoms with Crippen molar-refractivity contribution < 1.29 is 24.2 Å². The maximum atomic E-state index is 11.8. The van der Waals surface area contributed by atoms with Crippen LogP contribution in [0.15, 0.2) is 54.6 Å². The molecule has 6 heteroatoms. The van der Waals surface area contributed by atoms with Crippen LogP contribution in [0, 0.1) is 12.3 Å². The van der Waals surface area contributed by atoms with E-state index in [4.69, 9.17) is 9.16 Å². The Kier molecular flexibility index (Phi) is 11.7. The molecule has 3 aromatic rings. The predicted octanol–water partition coefficient (Wildman–Crippen LogP) is 10.3. The van der Waals surface area contributed by atoms with Crippen LogP contribution in [0.2, 0.25) is 18.1 Å². The number of aromatic hydroxyl groups is 2. The normalized spacial score (nSPS) is 13.5. The summed E-state index contributed by atoms with van der Waals surface area (Å²) < 4.78 is 11.8. The van der Waals surface area contributed by atoms with Gasteiger partial charge < -0.3 is 19.4 Å². The van der Waals surface area contributed by atoms with E-state index in [2.05, 4.69) is 99.7 Å². The maximum absolute atomic E-state index is 11.8. The summed E-state index contributed by atoms with van der Waals surface area (Å²) in [7, 11) is -0.566. The molecule has 0 heterocycles. The number of rotatable bonds is 12. The van der Waals surface area contributed by atoms with Gasteiger partial charge in [-0.15, -0.1) is 0 Å². The summed E-state index contributed by atoms with van der Waals surface area (Å²) in [6.45, 7) is 25.1. The Labute approximate surface area is 279 Å². The Morgan fingerprint density at radius 3 is 2.00 bits per heavy atom. The van der Waals surface area contributed by atoms with Crippen LogP contribution in [-0.2, 0) is 32.2 Å². The number of esters is 1. The second-order valence-corrected chi connectivity index (χ2v) is 20.3. The molecule has 5 nitrogen and oxygen atoms in total. The van der Waals surface area contributed by atoms with Crippen LogP contribution < -0.4 is 0 Å². The lowest BCUT2D eigenvalue weighted by atomic mass is 9.69. The molecule has 0 aromatic heterocycles. The highest BCUT2D eigenvalue weighted by Gasteiger charge is 2.41. The fourth-order valence-corrected chi connectivity index (χ4v) is 7.78. The lowest BCUT2D eigenvalue weighted by Gasteiger charge is -2.43. The molecule has 1 unspecified atom stereocenters. The first-order valence-corrected chi connectivity index (χ1v) is 19.7. The number of carbonyl (C=O) groups excluding carboxylic acids is 1. The number of hydrogen-bond acceptors (Lipinski definition) is 5. The van der Waals surface area contributed by atoms with Gasteiger partial charge in [-0.25, -0.2) is 0 Å². The third-order valence-corrected chi connectivity index (χ3v) is 14.9. The molecule has 3 aromatic carbocycles. The van der Waals surface area contributed by atoms with Crippen molar-refractivity contribution >= 4 is 14.3 Å².